The van der Waals surface area contributed by atoms with E-state index in [4.69, 9.17) is 21.6 Å². The van der Waals surface area contributed by atoms with Crippen LogP contribution in [-0.2, 0) is 11.2 Å². The second-order valence-electron chi connectivity index (χ2n) is 4.97. The Balaban J connectivity index is 2.02. The Morgan fingerprint density at radius 1 is 1.26 bits per heavy atom. The van der Waals surface area contributed by atoms with E-state index in [1.54, 1.807) is 36.4 Å². The van der Waals surface area contributed by atoms with Crippen molar-refractivity contribution in [2.24, 2.45) is 0 Å². The molecular formula is C18H17ClN2O2. The molecule has 4 nitrogen and oxygen atoms in total. The van der Waals surface area contributed by atoms with E-state index in [1.807, 2.05) is 19.1 Å². The molecule has 0 saturated carbocycles. The second kappa shape index (κ2) is 8.21. The Kier molecular flexibility index (Phi) is 6.02. The van der Waals surface area contributed by atoms with Gasteiger partial charge in [0.1, 0.15) is 5.75 Å². The Morgan fingerprint density at radius 3 is 2.57 bits per heavy atom. The second-order valence-corrected chi connectivity index (χ2v) is 5.37. The van der Waals surface area contributed by atoms with Crippen molar-refractivity contribution in [2.75, 3.05) is 5.32 Å². The van der Waals surface area contributed by atoms with Crippen LogP contribution in [0.5, 0.6) is 5.75 Å². The number of hydrogen-bond acceptors (Lipinski definition) is 3. The van der Waals surface area contributed by atoms with Gasteiger partial charge < -0.3 is 10.1 Å². The van der Waals surface area contributed by atoms with E-state index >= 15 is 0 Å². The average Bonchev–Trinajstić information content (AvgIpc) is 2.56. The van der Waals surface area contributed by atoms with Gasteiger partial charge in [-0.3, -0.25) is 4.79 Å². The number of para-hydroxylation sites is 1. The minimum Gasteiger partial charge on any atom is -0.479 e. The molecule has 0 aromatic heterocycles. The van der Waals surface area contributed by atoms with Crippen molar-refractivity contribution in [1.82, 2.24) is 0 Å². The van der Waals surface area contributed by atoms with Gasteiger partial charge in [0.2, 0.25) is 0 Å². The fourth-order valence-electron chi connectivity index (χ4n) is 2.04. The third-order valence-corrected chi connectivity index (χ3v) is 3.59. The van der Waals surface area contributed by atoms with Crippen LogP contribution in [0.4, 0.5) is 5.69 Å². The van der Waals surface area contributed by atoms with Gasteiger partial charge in [0.25, 0.3) is 5.91 Å². The molecule has 0 saturated heterocycles. The minimum atomic E-state index is -0.631. The van der Waals surface area contributed by atoms with Crippen LogP contribution in [0.2, 0.25) is 5.02 Å². The van der Waals surface area contributed by atoms with Gasteiger partial charge in [0.15, 0.2) is 6.10 Å². The SMILES string of the molecule is CC[C@@H](Oc1ccccc1Cl)C(=O)Nc1ccc(CC#N)cc1. The Morgan fingerprint density at radius 2 is 1.96 bits per heavy atom. The van der Waals surface area contributed by atoms with Crippen molar-refractivity contribution in [1.29, 1.82) is 5.26 Å². The number of halogens is 1. The quantitative estimate of drug-likeness (QED) is 0.864. The number of benzene rings is 2. The van der Waals surface area contributed by atoms with Crippen LogP contribution < -0.4 is 10.1 Å². The maximum atomic E-state index is 12.3. The molecule has 0 bridgehead atoms. The molecule has 2 rings (SSSR count). The van der Waals surface area contributed by atoms with E-state index < -0.39 is 6.10 Å². The van der Waals surface area contributed by atoms with E-state index in [-0.39, 0.29) is 5.91 Å². The lowest BCUT2D eigenvalue weighted by Crippen LogP contribution is -2.32. The third kappa shape index (κ3) is 4.73. The molecule has 5 heteroatoms. The van der Waals surface area contributed by atoms with Crippen molar-refractivity contribution in [2.45, 2.75) is 25.9 Å². The molecular weight excluding hydrogens is 312 g/mol. The van der Waals surface area contributed by atoms with E-state index in [0.29, 0.717) is 29.3 Å². The highest BCUT2D eigenvalue weighted by molar-refractivity contribution is 6.32. The van der Waals surface area contributed by atoms with Gasteiger partial charge in [-0.1, -0.05) is 42.8 Å². The number of rotatable bonds is 6. The number of carbonyl (C=O) groups is 1. The molecule has 0 aliphatic carbocycles. The number of nitrogens with one attached hydrogen (secondary N) is 1. The number of ether oxygens (including phenoxy) is 1. The number of amides is 1. The monoisotopic (exact) mass is 328 g/mol. The Hall–Kier alpha value is -2.51. The van der Waals surface area contributed by atoms with E-state index in [0.717, 1.165) is 5.56 Å². The number of hydrogen-bond donors (Lipinski definition) is 1. The third-order valence-electron chi connectivity index (χ3n) is 3.27. The molecule has 118 valence electrons. The number of anilines is 1. The molecule has 0 fully saturated rings. The first kappa shape index (κ1) is 16.9. The van der Waals surface area contributed by atoms with Crippen LogP contribution in [0.3, 0.4) is 0 Å². The van der Waals surface area contributed by atoms with Crippen LogP contribution in [0.25, 0.3) is 0 Å². The average molecular weight is 329 g/mol. The predicted octanol–water partition coefficient (Wildman–Crippen LogP) is 4.20. The maximum absolute atomic E-state index is 12.3. The van der Waals surface area contributed by atoms with Crippen molar-refractivity contribution in [3.63, 3.8) is 0 Å². The lowest BCUT2D eigenvalue weighted by molar-refractivity contribution is -0.122. The molecule has 23 heavy (non-hydrogen) atoms. The summed E-state index contributed by atoms with van der Waals surface area (Å²) in [6.45, 7) is 1.87. The van der Waals surface area contributed by atoms with Gasteiger partial charge in [-0.15, -0.1) is 0 Å². The van der Waals surface area contributed by atoms with Crippen LogP contribution in [0.1, 0.15) is 18.9 Å². The number of carbonyl (C=O) groups excluding carboxylic acids is 1. The van der Waals surface area contributed by atoms with Gasteiger partial charge in [-0.25, -0.2) is 0 Å². The summed E-state index contributed by atoms with van der Waals surface area (Å²) < 4.78 is 5.70. The zero-order valence-electron chi connectivity index (χ0n) is 12.8. The zero-order valence-corrected chi connectivity index (χ0v) is 13.5. The Bertz CT molecular complexity index is 708. The van der Waals surface area contributed by atoms with Crippen molar-refractivity contribution in [3.8, 4) is 11.8 Å². The van der Waals surface area contributed by atoms with Crippen LogP contribution in [-0.4, -0.2) is 12.0 Å². The molecule has 0 spiro atoms. The highest BCUT2D eigenvalue weighted by atomic mass is 35.5. The van der Waals surface area contributed by atoms with Crippen molar-refractivity contribution >= 4 is 23.2 Å². The first-order chi connectivity index (χ1) is 11.1. The summed E-state index contributed by atoms with van der Waals surface area (Å²) in [7, 11) is 0. The van der Waals surface area contributed by atoms with Gasteiger partial charge in [0, 0.05) is 5.69 Å². The van der Waals surface area contributed by atoms with Crippen molar-refractivity contribution < 1.29 is 9.53 Å². The van der Waals surface area contributed by atoms with Crippen LogP contribution in [0, 0.1) is 11.3 Å². The van der Waals surface area contributed by atoms with Crippen LogP contribution in [0.15, 0.2) is 48.5 Å². The number of nitriles is 1. The molecule has 1 atom stereocenters. The normalized spacial score (nSPS) is 11.3. The van der Waals surface area contributed by atoms with E-state index in [1.165, 1.54) is 0 Å². The Labute approximate surface area is 140 Å². The molecule has 1 amide bonds. The first-order valence-corrected chi connectivity index (χ1v) is 7.69. The first-order valence-electron chi connectivity index (χ1n) is 7.32. The summed E-state index contributed by atoms with van der Waals surface area (Å²) in [5.74, 6) is 0.251. The molecule has 0 radical (unpaired) electrons. The van der Waals surface area contributed by atoms with Crippen LogP contribution >= 0.6 is 11.6 Å². The van der Waals surface area contributed by atoms with E-state index in [9.17, 15) is 4.79 Å². The molecule has 2 aromatic rings. The molecule has 0 aliphatic rings. The summed E-state index contributed by atoms with van der Waals surface area (Å²) in [5.41, 5.74) is 1.57. The van der Waals surface area contributed by atoms with Gasteiger partial charge in [-0.05, 0) is 36.2 Å². The summed E-state index contributed by atoms with van der Waals surface area (Å²) in [4.78, 5) is 12.3. The summed E-state index contributed by atoms with van der Waals surface area (Å²) in [6.07, 6.45) is 0.235. The molecule has 0 heterocycles. The lowest BCUT2D eigenvalue weighted by atomic mass is 10.1. The predicted molar refractivity (Wildman–Crippen MR) is 90.5 cm³/mol. The number of nitrogens with zero attached hydrogens (tertiary/aromatic N) is 1. The van der Waals surface area contributed by atoms with E-state index in [2.05, 4.69) is 11.4 Å². The maximum Gasteiger partial charge on any atom is 0.265 e. The highest BCUT2D eigenvalue weighted by Crippen LogP contribution is 2.25. The topological polar surface area (TPSA) is 62.1 Å². The zero-order chi connectivity index (χ0) is 16.7. The highest BCUT2D eigenvalue weighted by Gasteiger charge is 2.19. The standard InChI is InChI=1S/C18H17ClN2O2/c1-2-16(23-17-6-4-3-5-15(17)19)18(22)21-14-9-7-13(8-10-14)11-12-20/h3-10,16H,2,11H2,1H3,(H,21,22)/t16-/m1/s1. The fraction of sp³-hybridized carbons (Fsp3) is 0.222. The summed E-state index contributed by atoms with van der Waals surface area (Å²) in [6, 6.07) is 16.3. The van der Waals surface area contributed by atoms with Gasteiger partial charge in [0.05, 0.1) is 17.5 Å². The van der Waals surface area contributed by atoms with Crippen molar-refractivity contribution in [3.05, 3.63) is 59.1 Å². The minimum absolute atomic E-state index is 0.236. The lowest BCUT2D eigenvalue weighted by Gasteiger charge is -2.18. The molecule has 2 aromatic carbocycles. The fourth-order valence-corrected chi connectivity index (χ4v) is 2.22. The summed E-state index contributed by atoms with van der Waals surface area (Å²) >= 11 is 6.05. The molecule has 1 N–H and O–H groups in total. The molecule has 0 unspecified atom stereocenters. The smallest absolute Gasteiger partial charge is 0.265 e. The molecule has 0 aliphatic heterocycles. The van der Waals surface area contributed by atoms with Gasteiger partial charge in [-0.2, -0.15) is 5.26 Å². The largest absolute Gasteiger partial charge is 0.479 e. The summed E-state index contributed by atoms with van der Waals surface area (Å²) in [5, 5.41) is 11.9. The van der Waals surface area contributed by atoms with Gasteiger partial charge >= 0.3 is 0 Å².